The highest BCUT2D eigenvalue weighted by molar-refractivity contribution is 5.70. The number of aliphatic hydroxyl groups is 7. The fourth-order valence-electron chi connectivity index (χ4n) is 6.44. The number of unbranched alkanes of at least 4 members (excludes halogenated alkanes) is 9. The summed E-state index contributed by atoms with van der Waals surface area (Å²) in [5.41, 5.74) is 0. The van der Waals surface area contributed by atoms with E-state index in [0.29, 0.717) is 12.8 Å². The van der Waals surface area contributed by atoms with Gasteiger partial charge in [-0.05, 0) is 51.4 Å². The second-order valence-corrected chi connectivity index (χ2v) is 15.1. The summed E-state index contributed by atoms with van der Waals surface area (Å²) < 4.78 is 33.3. The largest absolute Gasteiger partial charge is 0.462 e. The van der Waals surface area contributed by atoms with Crippen molar-refractivity contribution in [1.82, 2.24) is 0 Å². The Kier molecular flexibility index (Phi) is 28.7. The van der Waals surface area contributed by atoms with E-state index in [2.05, 4.69) is 62.5 Å². The van der Waals surface area contributed by atoms with Crippen LogP contribution in [0, 0.1) is 0 Å². The summed E-state index contributed by atoms with van der Waals surface area (Å²) in [6, 6.07) is 0. The van der Waals surface area contributed by atoms with Crippen LogP contribution in [0.5, 0.6) is 0 Å². The number of hydrogen-bond acceptors (Lipinski definition) is 15. The van der Waals surface area contributed by atoms with E-state index in [4.69, 9.17) is 28.4 Å². The second-order valence-electron chi connectivity index (χ2n) is 15.1. The summed E-state index contributed by atoms with van der Waals surface area (Å²) in [6.07, 6.45) is 14.8. The van der Waals surface area contributed by atoms with E-state index in [1.807, 2.05) is 0 Å². The molecule has 2 rings (SSSR count). The van der Waals surface area contributed by atoms with Crippen LogP contribution in [-0.2, 0) is 38.0 Å². The molecule has 2 aliphatic rings. The van der Waals surface area contributed by atoms with Crippen molar-refractivity contribution in [2.75, 3.05) is 26.4 Å². The number of hydrogen-bond donors (Lipinski definition) is 7. The molecule has 0 spiro atoms. The van der Waals surface area contributed by atoms with Gasteiger partial charge >= 0.3 is 11.9 Å². The zero-order valence-electron chi connectivity index (χ0n) is 35.2. The number of rotatable bonds is 31. The molecule has 15 nitrogen and oxygen atoms in total. The van der Waals surface area contributed by atoms with Gasteiger partial charge < -0.3 is 64.2 Å². The van der Waals surface area contributed by atoms with Gasteiger partial charge in [0.15, 0.2) is 18.7 Å². The summed E-state index contributed by atoms with van der Waals surface area (Å²) in [5, 5.41) is 71.6. The van der Waals surface area contributed by atoms with E-state index in [9.17, 15) is 45.3 Å². The maximum atomic E-state index is 12.9. The lowest BCUT2D eigenvalue weighted by atomic mass is 9.98. The van der Waals surface area contributed by atoms with Gasteiger partial charge in [0, 0.05) is 12.8 Å². The fourth-order valence-corrected chi connectivity index (χ4v) is 6.44. The lowest BCUT2D eigenvalue weighted by molar-refractivity contribution is -0.332. The first-order valence-electron chi connectivity index (χ1n) is 21.7. The van der Waals surface area contributed by atoms with E-state index in [-0.39, 0.29) is 19.4 Å². The predicted octanol–water partition coefficient (Wildman–Crippen LogP) is 3.98. The van der Waals surface area contributed by atoms with Gasteiger partial charge in [0.05, 0.1) is 19.8 Å². The van der Waals surface area contributed by atoms with Crippen molar-refractivity contribution in [1.29, 1.82) is 0 Å². The van der Waals surface area contributed by atoms with E-state index < -0.39 is 99.3 Å². The summed E-state index contributed by atoms with van der Waals surface area (Å²) in [4.78, 5) is 25.4. The van der Waals surface area contributed by atoms with Crippen LogP contribution in [-0.4, -0.2) is 142 Å². The fraction of sp³-hybridized carbons (Fsp3) is 0.773. The molecule has 0 aliphatic carbocycles. The van der Waals surface area contributed by atoms with Crippen LogP contribution in [0.25, 0.3) is 0 Å². The molecule has 11 atom stereocenters. The van der Waals surface area contributed by atoms with Crippen LogP contribution in [0.15, 0.2) is 48.6 Å². The first-order chi connectivity index (χ1) is 28.5. The van der Waals surface area contributed by atoms with Gasteiger partial charge in [-0.1, -0.05) is 107 Å². The Morgan fingerprint density at radius 1 is 0.559 bits per heavy atom. The monoisotopic (exact) mass is 843 g/mol. The van der Waals surface area contributed by atoms with Crippen LogP contribution in [0.2, 0.25) is 0 Å². The number of carbonyl (C=O) groups is 2. The van der Waals surface area contributed by atoms with Crippen molar-refractivity contribution < 1.29 is 73.8 Å². The molecule has 0 bridgehead atoms. The molecule has 340 valence electrons. The minimum Gasteiger partial charge on any atom is -0.462 e. The van der Waals surface area contributed by atoms with Gasteiger partial charge in [-0.3, -0.25) is 9.59 Å². The highest BCUT2D eigenvalue weighted by Gasteiger charge is 2.47. The minimum atomic E-state index is -1.77. The van der Waals surface area contributed by atoms with Gasteiger partial charge in [-0.2, -0.15) is 0 Å². The third-order valence-corrected chi connectivity index (χ3v) is 10.1. The Labute approximate surface area is 350 Å². The maximum absolute atomic E-state index is 12.9. The first kappa shape index (κ1) is 52.6. The average Bonchev–Trinajstić information content (AvgIpc) is 3.23. The van der Waals surface area contributed by atoms with Gasteiger partial charge in [0.25, 0.3) is 0 Å². The van der Waals surface area contributed by atoms with Crippen LogP contribution in [0.3, 0.4) is 0 Å². The average molecular weight is 843 g/mol. The Bertz CT molecular complexity index is 1220. The van der Waals surface area contributed by atoms with Crippen LogP contribution >= 0.6 is 0 Å². The summed E-state index contributed by atoms with van der Waals surface area (Å²) >= 11 is 0. The molecule has 7 N–H and O–H groups in total. The molecular weight excluding hydrogens is 768 g/mol. The minimum absolute atomic E-state index is 0.136. The van der Waals surface area contributed by atoms with E-state index >= 15 is 0 Å². The van der Waals surface area contributed by atoms with E-state index in [1.54, 1.807) is 0 Å². The molecule has 2 saturated heterocycles. The highest BCUT2D eigenvalue weighted by atomic mass is 16.7. The van der Waals surface area contributed by atoms with Crippen molar-refractivity contribution >= 4 is 11.9 Å². The molecule has 0 amide bonds. The highest BCUT2D eigenvalue weighted by Crippen LogP contribution is 2.26. The molecule has 11 unspecified atom stereocenters. The molecule has 0 aromatic rings. The van der Waals surface area contributed by atoms with Crippen molar-refractivity contribution in [3.63, 3.8) is 0 Å². The molecule has 15 heteroatoms. The standard InChI is InChI=1S/C44H74O15/c1-3-5-7-9-11-12-13-14-15-16-17-18-19-20-21-23-25-27-36(47)57-32(29-54-35(46)26-24-22-10-8-6-4-2)30-55-43-42(53)40(51)38(49)34(59-43)31-56-44-41(52)39(50)37(48)33(28-45)58-44/h5,7,11-12,14-15,17-18,32-34,37-45,48-53H,3-4,6,8-10,13,16,19-31H2,1-2H3/b7-5-,12-11-,15-14-,18-17-. The summed E-state index contributed by atoms with van der Waals surface area (Å²) in [7, 11) is 0. The molecule has 0 aromatic carbocycles. The van der Waals surface area contributed by atoms with Crippen molar-refractivity contribution in [2.24, 2.45) is 0 Å². The topological polar surface area (TPSA) is 231 Å². The smallest absolute Gasteiger partial charge is 0.306 e. The normalized spacial score (nSPS) is 28.3. The number of esters is 2. The Balaban J connectivity index is 1.85. The molecule has 59 heavy (non-hydrogen) atoms. The zero-order valence-corrected chi connectivity index (χ0v) is 35.2. The molecule has 0 saturated carbocycles. The van der Waals surface area contributed by atoms with E-state index in [0.717, 1.165) is 83.5 Å². The molecule has 2 fully saturated rings. The predicted molar refractivity (Wildman–Crippen MR) is 220 cm³/mol. The lowest BCUT2D eigenvalue weighted by Crippen LogP contribution is -2.61. The Morgan fingerprint density at radius 2 is 1.07 bits per heavy atom. The van der Waals surface area contributed by atoms with Crippen LogP contribution in [0.1, 0.15) is 123 Å². The molecule has 0 radical (unpaired) electrons. The first-order valence-corrected chi connectivity index (χ1v) is 21.7. The van der Waals surface area contributed by atoms with Crippen molar-refractivity contribution in [3.05, 3.63) is 48.6 Å². The summed E-state index contributed by atoms with van der Waals surface area (Å²) in [5.74, 6) is -0.969. The molecular formula is C44H74O15. The maximum Gasteiger partial charge on any atom is 0.306 e. The SMILES string of the molecule is CC/C=C\C/C=C\C/C=C\C/C=C\CCCCCCC(=O)OC(COC(=O)CCCCCCCC)COC1OC(COC2OC(CO)C(O)C(O)C2O)C(O)C(O)C1O. The number of ether oxygens (including phenoxy) is 6. The van der Waals surface area contributed by atoms with Gasteiger partial charge in [0.1, 0.15) is 55.4 Å². The van der Waals surface area contributed by atoms with Crippen molar-refractivity contribution in [3.8, 4) is 0 Å². The van der Waals surface area contributed by atoms with Gasteiger partial charge in [0.2, 0.25) is 0 Å². The molecule has 0 aromatic heterocycles. The number of allylic oxidation sites excluding steroid dienone is 8. The van der Waals surface area contributed by atoms with E-state index in [1.165, 1.54) is 0 Å². The third-order valence-electron chi connectivity index (χ3n) is 10.1. The third kappa shape index (κ3) is 21.7. The number of carbonyl (C=O) groups excluding carboxylic acids is 2. The van der Waals surface area contributed by atoms with Crippen LogP contribution in [0.4, 0.5) is 0 Å². The van der Waals surface area contributed by atoms with Crippen molar-refractivity contribution in [2.45, 2.75) is 191 Å². The second kappa shape index (κ2) is 32.2. The Morgan fingerprint density at radius 3 is 1.68 bits per heavy atom. The zero-order chi connectivity index (χ0) is 43.3. The summed E-state index contributed by atoms with van der Waals surface area (Å²) in [6.45, 7) is 2.33. The molecule has 2 heterocycles. The van der Waals surface area contributed by atoms with Crippen LogP contribution < -0.4 is 0 Å². The van der Waals surface area contributed by atoms with Gasteiger partial charge in [-0.25, -0.2) is 0 Å². The van der Waals surface area contributed by atoms with Gasteiger partial charge in [-0.15, -0.1) is 0 Å². The molecule has 2 aliphatic heterocycles. The number of aliphatic hydroxyl groups excluding tert-OH is 7. The lowest BCUT2D eigenvalue weighted by Gasteiger charge is -2.42. The quantitative estimate of drug-likeness (QED) is 0.0297. The Hall–Kier alpha value is -2.54.